The highest BCUT2D eigenvalue weighted by Crippen LogP contribution is 2.41. The summed E-state index contributed by atoms with van der Waals surface area (Å²) in [6.45, 7) is 8.71. The van der Waals surface area contributed by atoms with Crippen molar-refractivity contribution < 1.29 is 4.79 Å². The fraction of sp³-hybridized carbons (Fsp3) is 0.929. The van der Waals surface area contributed by atoms with Gasteiger partial charge in [-0.25, -0.2) is 0 Å². The van der Waals surface area contributed by atoms with Crippen LogP contribution in [0.15, 0.2) is 0 Å². The van der Waals surface area contributed by atoms with Crippen molar-refractivity contribution in [2.24, 2.45) is 17.1 Å². The second-order valence-corrected chi connectivity index (χ2v) is 5.90. The van der Waals surface area contributed by atoms with Crippen LogP contribution in [0.25, 0.3) is 0 Å². The van der Waals surface area contributed by atoms with E-state index in [-0.39, 0.29) is 11.3 Å². The first-order valence-electron chi connectivity index (χ1n) is 7.01. The van der Waals surface area contributed by atoms with Gasteiger partial charge in [-0.2, -0.15) is 0 Å². The first-order chi connectivity index (χ1) is 8.03. The minimum Gasteiger partial charge on any atom is -0.341 e. The van der Waals surface area contributed by atoms with Crippen molar-refractivity contribution in [3.63, 3.8) is 0 Å². The Balaban J connectivity index is 2.70. The quantitative estimate of drug-likeness (QED) is 0.802. The van der Waals surface area contributed by atoms with Gasteiger partial charge in [-0.15, -0.1) is 0 Å². The molecule has 0 aromatic carbocycles. The molecule has 0 saturated heterocycles. The molecule has 1 atom stereocenters. The van der Waals surface area contributed by atoms with E-state index >= 15 is 0 Å². The molecule has 0 aliphatic heterocycles. The zero-order valence-electron chi connectivity index (χ0n) is 11.7. The second-order valence-electron chi connectivity index (χ2n) is 5.90. The highest BCUT2D eigenvalue weighted by molar-refractivity contribution is 5.79. The van der Waals surface area contributed by atoms with E-state index in [0.29, 0.717) is 19.0 Å². The molecule has 1 fully saturated rings. The molecule has 1 unspecified atom stereocenters. The number of nitrogens with zero attached hydrogens (tertiary/aromatic N) is 1. The Bertz CT molecular complexity index is 245. The minimum absolute atomic E-state index is 0.163. The summed E-state index contributed by atoms with van der Waals surface area (Å²) in [6.07, 6.45) is 5.70. The summed E-state index contributed by atoms with van der Waals surface area (Å²) >= 11 is 0. The number of nitrogens with two attached hydrogens (primary N) is 1. The van der Waals surface area contributed by atoms with Gasteiger partial charge in [0.15, 0.2) is 0 Å². The molecule has 0 bridgehead atoms. The normalized spacial score (nSPS) is 23.4. The molecule has 3 heteroatoms. The van der Waals surface area contributed by atoms with Crippen LogP contribution >= 0.6 is 0 Å². The van der Waals surface area contributed by atoms with E-state index in [1.54, 1.807) is 0 Å². The first kappa shape index (κ1) is 14.5. The van der Waals surface area contributed by atoms with Crippen LogP contribution in [0.2, 0.25) is 0 Å². The Labute approximate surface area is 106 Å². The number of hydrogen-bond acceptors (Lipinski definition) is 2. The lowest BCUT2D eigenvalue weighted by Crippen LogP contribution is -2.45. The minimum atomic E-state index is 0.163. The van der Waals surface area contributed by atoms with Crippen molar-refractivity contribution in [3.05, 3.63) is 0 Å². The fourth-order valence-electron chi connectivity index (χ4n) is 2.93. The van der Waals surface area contributed by atoms with Gasteiger partial charge in [0.1, 0.15) is 0 Å². The predicted molar refractivity (Wildman–Crippen MR) is 71.7 cm³/mol. The van der Waals surface area contributed by atoms with Gasteiger partial charge < -0.3 is 10.6 Å². The van der Waals surface area contributed by atoms with Crippen LogP contribution in [-0.2, 0) is 4.79 Å². The molecule has 17 heavy (non-hydrogen) atoms. The average molecular weight is 240 g/mol. The molecule has 1 aliphatic carbocycles. The number of carbonyl (C=O) groups is 1. The number of hydrogen-bond donors (Lipinski definition) is 1. The molecule has 1 aliphatic rings. The van der Waals surface area contributed by atoms with Gasteiger partial charge in [0.25, 0.3) is 0 Å². The monoisotopic (exact) mass is 240 g/mol. The molecular weight excluding hydrogens is 212 g/mol. The third-order valence-electron chi connectivity index (χ3n) is 4.01. The summed E-state index contributed by atoms with van der Waals surface area (Å²) < 4.78 is 0. The topological polar surface area (TPSA) is 46.3 Å². The maximum absolute atomic E-state index is 12.6. The summed E-state index contributed by atoms with van der Waals surface area (Å²) in [7, 11) is 0. The van der Waals surface area contributed by atoms with Gasteiger partial charge in [0.2, 0.25) is 5.91 Å². The van der Waals surface area contributed by atoms with Crippen LogP contribution in [0, 0.1) is 11.3 Å². The summed E-state index contributed by atoms with van der Waals surface area (Å²) in [5.74, 6) is 0.538. The maximum atomic E-state index is 12.6. The van der Waals surface area contributed by atoms with Crippen molar-refractivity contribution >= 4 is 5.91 Å². The summed E-state index contributed by atoms with van der Waals surface area (Å²) in [5, 5.41) is 0. The number of carbonyl (C=O) groups excluding carboxylic acids is 1. The van der Waals surface area contributed by atoms with E-state index < -0.39 is 0 Å². The molecule has 1 saturated carbocycles. The van der Waals surface area contributed by atoms with Crippen LogP contribution < -0.4 is 5.73 Å². The molecule has 0 aromatic rings. The van der Waals surface area contributed by atoms with E-state index in [4.69, 9.17) is 5.73 Å². The Hall–Kier alpha value is -0.570. The maximum Gasteiger partial charge on any atom is 0.226 e. The summed E-state index contributed by atoms with van der Waals surface area (Å²) in [6, 6.07) is 0. The van der Waals surface area contributed by atoms with Gasteiger partial charge in [-0.3, -0.25) is 4.79 Å². The van der Waals surface area contributed by atoms with Crippen LogP contribution in [0.5, 0.6) is 0 Å². The lowest BCUT2D eigenvalue weighted by atomic mass is 9.68. The van der Waals surface area contributed by atoms with Gasteiger partial charge in [0, 0.05) is 25.6 Å². The highest BCUT2D eigenvalue weighted by atomic mass is 16.2. The van der Waals surface area contributed by atoms with Gasteiger partial charge in [0.05, 0.1) is 0 Å². The van der Waals surface area contributed by atoms with Crippen molar-refractivity contribution in [2.45, 2.75) is 52.9 Å². The van der Waals surface area contributed by atoms with E-state index in [9.17, 15) is 4.79 Å². The molecule has 0 radical (unpaired) electrons. The number of rotatable bonds is 5. The van der Waals surface area contributed by atoms with E-state index in [1.165, 1.54) is 19.3 Å². The lowest BCUT2D eigenvalue weighted by molar-refractivity contribution is -0.141. The molecule has 0 aromatic heterocycles. The average Bonchev–Trinajstić information content (AvgIpc) is 2.27. The zero-order chi connectivity index (χ0) is 12.9. The Morgan fingerprint density at radius 2 is 2.06 bits per heavy atom. The highest BCUT2D eigenvalue weighted by Gasteiger charge is 2.38. The number of amides is 1. The molecule has 2 N–H and O–H groups in total. The Morgan fingerprint density at radius 3 is 2.59 bits per heavy atom. The third kappa shape index (κ3) is 3.70. The smallest absolute Gasteiger partial charge is 0.226 e. The van der Waals surface area contributed by atoms with Crippen LogP contribution in [0.3, 0.4) is 0 Å². The molecular formula is C14H28N2O. The van der Waals surface area contributed by atoms with Crippen LogP contribution in [0.4, 0.5) is 0 Å². The second kappa shape index (κ2) is 6.39. The van der Waals surface area contributed by atoms with E-state index in [2.05, 4.69) is 20.8 Å². The Morgan fingerprint density at radius 1 is 1.35 bits per heavy atom. The van der Waals surface area contributed by atoms with E-state index in [0.717, 1.165) is 19.4 Å². The largest absolute Gasteiger partial charge is 0.341 e. The molecule has 1 amide bonds. The summed E-state index contributed by atoms with van der Waals surface area (Å²) in [5.41, 5.74) is 5.76. The zero-order valence-corrected chi connectivity index (χ0v) is 11.7. The standard InChI is InChI=1S/C14H28N2O/c1-4-10-16(11-9-15)13(17)12-7-5-6-8-14(12,2)3/h12H,4-11,15H2,1-3H3. The van der Waals surface area contributed by atoms with Crippen LogP contribution in [-0.4, -0.2) is 30.4 Å². The first-order valence-corrected chi connectivity index (χ1v) is 7.01. The van der Waals surface area contributed by atoms with Crippen molar-refractivity contribution in [1.29, 1.82) is 0 Å². The fourth-order valence-corrected chi connectivity index (χ4v) is 2.93. The predicted octanol–water partition coefficient (Wildman–Crippen LogP) is 2.40. The third-order valence-corrected chi connectivity index (χ3v) is 4.01. The van der Waals surface area contributed by atoms with Gasteiger partial charge in [-0.1, -0.05) is 33.6 Å². The molecule has 3 nitrogen and oxygen atoms in total. The van der Waals surface area contributed by atoms with Crippen molar-refractivity contribution in [1.82, 2.24) is 4.90 Å². The SMILES string of the molecule is CCCN(CCN)C(=O)C1CCCCC1(C)C. The van der Waals surface area contributed by atoms with Crippen molar-refractivity contribution in [3.8, 4) is 0 Å². The molecule has 1 rings (SSSR count). The molecule has 0 spiro atoms. The van der Waals surface area contributed by atoms with Gasteiger partial charge >= 0.3 is 0 Å². The van der Waals surface area contributed by atoms with Crippen molar-refractivity contribution in [2.75, 3.05) is 19.6 Å². The van der Waals surface area contributed by atoms with Crippen LogP contribution in [0.1, 0.15) is 52.9 Å². The molecule has 100 valence electrons. The Kier molecular flexibility index (Phi) is 5.44. The summed E-state index contributed by atoms with van der Waals surface area (Å²) in [4.78, 5) is 14.5. The molecule has 0 heterocycles. The van der Waals surface area contributed by atoms with Gasteiger partial charge in [-0.05, 0) is 24.7 Å². The van der Waals surface area contributed by atoms with E-state index in [1.807, 2.05) is 4.90 Å². The lowest BCUT2D eigenvalue weighted by Gasteiger charge is -2.40.